The van der Waals surface area contributed by atoms with Crippen LogP contribution < -0.4 is 5.32 Å². The van der Waals surface area contributed by atoms with Crippen LogP contribution in [-0.4, -0.2) is 66.2 Å². The maximum Gasteiger partial charge on any atom is 0.325 e. The van der Waals surface area contributed by atoms with Gasteiger partial charge in [-0.2, -0.15) is 0 Å². The van der Waals surface area contributed by atoms with Crippen molar-refractivity contribution in [1.82, 2.24) is 15.1 Å². The molecule has 1 saturated carbocycles. The summed E-state index contributed by atoms with van der Waals surface area (Å²) < 4.78 is 51.5. The van der Waals surface area contributed by atoms with Crippen molar-refractivity contribution >= 4 is 27.7 Å². The monoisotopic (exact) mass is 441 g/mol. The Balaban J connectivity index is 1.56. The van der Waals surface area contributed by atoms with Gasteiger partial charge in [-0.1, -0.05) is 0 Å². The second kappa shape index (κ2) is 7.00. The topological polar surface area (TPSA) is 104 Å². The Labute approximate surface area is 172 Å². The van der Waals surface area contributed by atoms with Crippen LogP contribution in [0.15, 0.2) is 18.2 Å². The number of nitrogens with one attached hydrogen (secondary N) is 1. The van der Waals surface area contributed by atoms with Gasteiger partial charge in [-0.15, -0.1) is 0 Å². The van der Waals surface area contributed by atoms with Crippen molar-refractivity contribution in [1.29, 1.82) is 0 Å². The molecule has 162 valence electrons. The lowest BCUT2D eigenvalue weighted by Crippen LogP contribution is -2.49. The predicted octanol–water partition coefficient (Wildman–Crippen LogP) is 0.910. The highest BCUT2D eigenvalue weighted by molar-refractivity contribution is 7.91. The van der Waals surface area contributed by atoms with Gasteiger partial charge in [0.1, 0.15) is 23.7 Å². The van der Waals surface area contributed by atoms with Gasteiger partial charge in [0.25, 0.3) is 5.91 Å². The number of hydrogen-bond donors (Lipinski definition) is 1. The van der Waals surface area contributed by atoms with Gasteiger partial charge in [0, 0.05) is 17.6 Å². The SMILES string of the molecule is C[C@@]1(c2cc(F)ccc2F)NC(=O)N(CC(=O)N(C2CC2)[C@@H]2CCS(=O)(=O)C2)C1=O. The first-order valence-corrected chi connectivity index (χ1v) is 11.5. The fourth-order valence-corrected chi connectivity index (χ4v) is 5.88. The molecule has 4 rings (SSSR count). The summed E-state index contributed by atoms with van der Waals surface area (Å²) in [6.07, 6.45) is 1.78. The van der Waals surface area contributed by atoms with Gasteiger partial charge in [-0.05, 0) is 44.4 Å². The quantitative estimate of drug-likeness (QED) is 0.684. The highest BCUT2D eigenvalue weighted by atomic mass is 32.2. The van der Waals surface area contributed by atoms with Crippen LogP contribution in [0.4, 0.5) is 13.6 Å². The Morgan fingerprint density at radius 3 is 2.53 bits per heavy atom. The van der Waals surface area contributed by atoms with Gasteiger partial charge in [-0.25, -0.2) is 22.0 Å². The third kappa shape index (κ3) is 3.55. The summed E-state index contributed by atoms with van der Waals surface area (Å²) in [6, 6.07) is 1.10. The first-order chi connectivity index (χ1) is 14.0. The summed E-state index contributed by atoms with van der Waals surface area (Å²) in [4.78, 5) is 40.5. The van der Waals surface area contributed by atoms with E-state index in [0.29, 0.717) is 11.3 Å². The van der Waals surface area contributed by atoms with Gasteiger partial charge in [0.2, 0.25) is 5.91 Å². The number of sulfone groups is 1. The molecule has 4 amide bonds. The third-order valence-electron chi connectivity index (χ3n) is 5.87. The number of imide groups is 1. The summed E-state index contributed by atoms with van der Waals surface area (Å²) in [7, 11) is -3.22. The van der Waals surface area contributed by atoms with E-state index in [9.17, 15) is 31.6 Å². The molecule has 2 atom stereocenters. The first-order valence-electron chi connectivity index (χ1n) is 9.63. The zero-order valence-corrected chi connectivity index (χ0v) is 17.0. The third-order valence-corrected chi connectivity index (χ3v) is 7.62. The van der Waals surface area contributed by atoms with Gasteiger partial charge in [-0.3, -0.25) is 14.5 Å². The average Bonchev–Trinajstić information content (AvgIpc) is 3.39. The summed E-state index contributed by atoms with van der Waals surface area (Å²) in [5, 5.41) is 2.35. The number of nitrogens with zero attached hydrogens (tertiary/aromatic N) is 2. The van der Waals surface area contributed by atoms with Crippen molar-refractivity contribution in [2.45, 2.75) is 43.8 Å². The van der Waals surface area contributed by atoms with Crippen molar-refractivity contribution in [3.05, 3.63) is 35.4 Å². The molecule has 1 N–H and O–H groups in total. The van der Waals surface area contributed by atoms with Gasteiger partial charge >= 0.3 is 6.03 Å². The standard InChI is InChI=1S/C19H21F2N3O5S/c1-19(14-8-11(20)2-5-15(14)21)17(26)23(18(27)22-19)9-16(25)24(12-3-4-12)13-6-7-30(28,29)10-13/h2,5,8,12-13H,3-4,6-7,9-10H2,1H3,(H,22,27)/t13-,19+/m1/s1. The fourth-order valence-electron chi connectivity index (χ4n) is 4.17. The average molecular weight is 441 g/mol. The number of benzene rings is 1. The highest BCUT2D eigenvalue weighted by Crippen LogP contribution is 2.34. The zero-order valence-electron chi connectivity index (χ0n) is 16.2. The molecule has 0 aromatic heterocycles. The maximum absolute atomic E-state index is 14.3. The van der Waals surface area contributed by atoms with E-state index in [1.807, 2.05) is 0 Å². The van der Waals surface area contributed by atoms with Crippen LogP contribution in [0.2, 0.25) is 0 Å². The Morgan fingerprint density at radius 2 is 1.93 bits per heavy atom. The van der Waals surface area contributed by atoms with E-state index in [-0.39, 0.29) is 23.1 Å². The summed E-state index contributed by atoms with van der Waals surface area (Å²) in [5.41, 5.74) is -2.19. The summed E-state index contributed by atoms with van der Waals surface area (Å²) >= 11 is 0. The van der Waals surface area contributed by atoms with Crippen LogP contribution >= 0.6 is 0 Å². The van der Waals surface area contributed by atoms with Crippen molar-refractivity contribution in [2.75, 3.05) is 18.1 Å². The van der Waals surface area contributed by atoms with Crippen molar-refractivity contribution < 1.29 is 31.6 Å². The number of carbonyl (C=O) groups excluding carboxylic acids is 3. The van der Waals surface area contributed by atoms with Crippen LogP contribution in [0.1, 0.15) is 31.7 Å². The van der Waals surface area contributed by atoms with E-state index in [0.717, 1.165) is 31.0 Å². The Hall–Kier alpha value is -2.56. The molecule has 0 bridgehead atoms. The normalized spacial score (nSPS) is 28.0. The van der Waals surface area contributed by atoms with E-state index < -0.39 is 57.4 Å². The molecule has 0 unspecified atom stereocenters. The number of urea groups is 1. The molecule has 1 aromatic carbocycles. The van der Waals surface area contributed by atoms with Crippen molar-refractivity contribution in [3.8, 4) is 0 Å². The molecule has 2 saturated heterocycles. The first kappa shape index (κ1) is 20.7. The highest BCUT2D eigenvalue weighted by Gasteiger charge is 2.52. The van der Waals surface area contributed by atoms with Crippen LogP contribution in [-0.2, 0) is 25.0 Å². The lowest BCUT2D eigenvalue weighted by molar-refractivity contribution is -0.140. The van der Waals surface area contributed by atoms with E-state index in [1.54, 1.807) is 0 Å². The number of halogens is 2. The smallest absolute Gasteiger partial charge is 0.325 e. The summed E-state index contributed by atoms with van der Waals surface area (Å²) in [6.45, 7) is 0.655. The molecular formula is C19H21F2N3O5S. The van der Waals surface area contributed by atoms with Gasteiger partial charge in [0.05, 0.1) is 11.5 Å². The number of amides is 4. The lowest BCUT2D eigenvalue weighted by Gasteiger charge is -2.30. The minimum Gasteiger partial charge on any atom is -0.334 e. The Morgan fingerprint density at radius 1 is 1.23 bits per heavy atom. The molecular weight excluding hydrogens is 420 g/mol. The summed E-state index contributed by atoms with van der Waals surface area (Å²) in [5.74, 6) is -3.19. The zero-order chi connectivity index (χ0) is 21.8. The molecule has 1 aromatic rings. The molecule has 11 heteroatoms. The van der Waals surface area contributed by atoms with Gasteiger partial charge in [0.15, 0.2) is 9.84 Å². The second-order valence-corrected chi connectivity index (χ2v) is 10.4. The fraction of sp³-hybridized carbons (Fsp3) is 0.526. The van der Waals surface area contributed by atoms with Crippen LogP contribution in [0, 0.1) is 11.6 Å². The molecule has 8 nitrogen and oxygen atoms in total. The van der Waals surface area contributed by atoms with E-state index >= 15 is 0 Å². The van der Waals surface area contributed by atoms with Gasteiger partial charge < -0.3 is 10.2 Å². The Bertz CT molecular complexity index is 1040. The molecule has 3 aliphatic rings. The van der Waals surface area contributed by atoms with Crippen molar-refractivity contribution in [2.24, 2.45) is 0 Å². The van der Waals surface area contributed by atoms with E-state index in [2.05, 4.69) is 5.32 Å². The molecule has 2 aliphatic heterocycles. The molecule has 30 heavy (non-hydrogen) atoms. The minimum absolute atomic E-state index is 0.00574. The molecule has 0 spiro atoms. The van der Waals surface area contributed by atoms with Crippen LogP contribution in [0.3, 0.4) is 0 Å². The largest absolute Gasteiger partial charge is 0.334 e. The van der Waals surface area contributed by atoms with Crippen molar-refractivity contribution in [3.63, 3.8) is 0 Å². The van der Waals surface area contributed by atoms with Crippen LogP contribution in [0.25, 0.3) is 0 Å². The second-order valence-electron chi connectivity index (χ2n) is 8.16. The predicted molar refractivity (Wildman–Crippen MR) is 101 cm³/mol. The molecule has 0 radical (unpaired) electrons. The number of rotatable bonds is 5. The maximum atomic E-state index is 14.3. The molecule has 3 fully saturated rings. The lowest BCUT2D eigenvalue weighted by atomic mass is 9.91. The number of hydrogen-bond acceptors (Lipinski definition) is 5. The minimum atomic E-state index is -3.22. The van der Waals surface area contributed by atoms with Crippen LogP contribution in [0.5, 0.6) is 0 Å². The van der Waals surface area contributed by atoms with E-state index in [4.69, 9.17) is 0 Å². The number of carbonyl (C=O) groups is 3. The molecule has 1 aliphatic carbocycles. The Kier molecular flexibility index (Phi) is 4.83. The molecule has 2 heterocycles. The van der Waals surface area contributed by atoms with E-state index in [1.165, 1.54) is 11.8 Å².